The summed E-state index contributed by atoms with van der Waals surface area (Å²) in [6.45, 7) is 1.66. The Morgan fingerprint density at radius 3 is 2.72 bits per heavy atom. The number of nitrogens with one attached hydrogen (secondary N) is 2. The average molecular weight is 342 g/mol. The van der Waals surface area contributed by atoms with E-state index in [9.17, 15) is 9.18 Å². The maximum atomic E-state index is 13.1. The summed E-state index contributed by atoms with van der Waals surface area (Å²) in [4.78, 5) is 19.0. The minimum Gasteiger partial charge on any atom is -0.478 e. The number of nitrogens with zero attached hydrogens (tertiary/aromatic N) is 2. The van der Waals surface area contributed by atoms with Crippen LogP contribution in [-0.4, -0.2) is 39.7 Å². The van der Waals surface area contributed by atoms with Crippen molar-refractivity contribution in [3.05, 3.63) is 59.8 Å². The van der Waals surface area contributed by atoms with Crippen molar-refractivity contribution in [1.29, 1.82) is 0 Å². The van der Waals surface area contributed by atoms with Crippen molar-refractivity contribution < 1.29 is 14.3 Å². The van der Waals surface area contributed by atoms with E-state index in [1.54, 1.807) is 18.3 Å². The fourth-order valence-electron chi connectivity index (χ4n) is 2.96. The number of benzene rings is 1. The highest BCUT2D eigenvalue weighted by Crippen LogP contribution is 2.25. The summed E-state index contributed by atoms with van der Waals surface area (Å²) in [6, 6.07) is 6.52. The molecule has 7 heteroatoms. The summed E-state index contributed by atoms with van der Waals surface area (Å²) >= 11 is 0. The Hall–Kier alpha value is -2.80. The van der Waals surface area contributed by atoms with Crippen LogP contribution in [0.5, 0.6) is 0 Å². The van der Waals surface area contributed by atoms with E-state index < -0.39 is 5.97 Å². The van der Waals surface area contributed by atoms with Gasteiger partial charge in [0.15, 0.2) is 0 Å². The zero-order valence-electron chi connectivity index (χ0n) is 13.6. The van der Waals surface area contributed by atoms with Crippen LogP contribution >= 0.6 is 0 Å². The van der Waals surface area contributed by atoms with E-state index in [-0.39, 0.29) is 11.4 Å². The fourth-order valence-corrected chi connectivity index (χ4v) is 2.96. The summed E-state index contributed by atoms with van der Waals surface area (Å²) < 4.78 is 13.1. The van der Waals surface area contributed by atoms with E-state index in [4.69, 9.17) is 5.11 Å². The van der Waals surface area contributed by atoms with Gasteiger partial charge < -0.3 is 15.7 Å². The summed E-state index contributed by atoms with van der Waals surface area (Å²) in [7, 11) is 0. The van der Waals surface area contributed by atoms with Gasteiger partial charge in [0.1, 0.15) is 11.6 Å². The molecule has 130 valence electrons. The highest BCUT2D eigenvalue weighted by molar-refractivity contribution is 5.84. The number of anilines is 1. The van der Waals surface area contributed by atoms with Crippen LogP contribution in [0.15, 0.2) is 42.7 Å². The van der Waals surface area contributed by atoms with Crippen LogP contribution in [-0.2, 0) is 11.2 Å². The number of hydrogen-bond acceptors (Lipinski definition) is 5. The lowest BCUT2D eigenvalue weighted by Gasteiger charge is -2.30. The van der Waals surface area contributed by atoms with Gasteiger partial charge in [0, 0.05) is 12.6 Å². The van der Waals surface area contributed by atoms with Crippen LogP contribution < -0.4 is 10.6 Å². The standard InChI is InChI=1S/C18H19FN4O2/c19-14-3-1-13(2-4-14)9-18(7-8-20-12-18)23-16-11-21-15(10-22-16)5-6-17(24)25/h1-6,10-11,20H,7-9,12H2,(H,22,23)(H,24,25)/b6-5+/t18-/m0/s1. The van der Waals surface area contributed by atoms with E-state index in [1.165, 1.54) is 24.4 Å². The lowest BCUT2D eigenvalue weighted by atomic mass is 9.90. The molecule has 1 aliphatic heterocycles. The Morgan fingerprint density at radius 1 is 1.32 bits per heavy atom. The Balaban J connectivity index is 1.73. The van der Waals surface area contributed by atoms with Gasteiger partial charge in [0.2, 0.25) is 0 Å². The second-order valence-electron chi connectivity index (χ2n) is 6.13. The zero-order valence-corrected chi connectivity index (χ0v) is 13.6. The van der Waals surface area contributed by atoms with E-state index in [2.05, 4.69) is 20.6 Å². The van der Waals surface area contributed by atoms with Crippen LogP contribution in [0.2, 0.25) is 0 Å². The number of carbonyl (C=O) groups is 1. The molecule has 0 unspecified atom stereocenters. The summed E-state index contributed by atoms with van der Waals surface area (Å²) in [5, 5.41) is 15.4. The molecule has 0 saturated carbocycles. The van der Waals surface area contributed by atoms with Gasteiger partial charge in [-0.2, -0.15) is 0 Å². The van der Waals surface area contributed by atoms with Crippen LogP contribution in [0.1, 0.15) is 17.7 Å². The van der Waals surface area contributed by atoms with Crippen molar-refractivity contribution in [2.75, 3.05) is 18.4 Å². The third-order valence-electron chi connectivity index (χ3n) is 4.16. The molecule has 1 saturated heterocycles. The normalized spacial score (nSPS) is 20.0. The molecule has 1 atom stereocenters. The van der Waals surface area contributed by atoms with Gasteiger partial charge in [-0.3, -0.25) is 4.98 Å². The lowest BCUT2D eigenvalue weighted by molar-refractivity contribution is -0.131. The number of aromatic nitrogens is 2. The SMILES string of the molecule is O=C(O)/C=C/c1cnc(N[C@]2(Cc3ccc(F)cc3)CCNC2)cn1. The van der Waals surface area contributed by atoms with Gasteiger partial charge in [-0.05, 0) is 43.2 Å². The van der Waals surface area contributed by atoms with E-state index in [0.29, 0.717) is 11.5 Å². The van der Waals surface area contributed by atoms with E-state index in [1.807, 2.05) is 0 Å². The quantitative estimate of drug-likeness (QED) is 0.697. The molecule has 0 aliphatic carbocycles. The van der Waals surface area contributed by atoms with Gasteiger partial charge in [-0.25, -0.2) is 14.2 Å². The Labute approximate surface area is 144 Å². The Morgan fingerprint density at radius 2 is 2.12 bits per heavy atom. The number of aliphatic carboxylic acids is 1. The smallest absolute Gasteiger partial charge is 0.328 e. The van der Waals surface area contributed by atoms with Crippen LogP contribution in [0.25, 0.3) is 6.08 Å². The molecule has 2 heterocycles. The molecule has 0 radical (unpaired) electrons. The topological polar surface area (TPSA) is 87.1 Å². The maximum Gasteiger partial charge on any atom is 0.328 e. The van der Waals surface area contributed by atoms with Gasteiger partial charge in [0.05, 0.1) is 23.6 Å². The Kier molecular flexibility index (Phi) is 5.04. The van der Waals surface area contributed by atoms with Crippen LogP contribution in [0.3, 0.4) is 0 Å². The van der Waals surface area contributed by atoms with Crippen molar-refractivity contribution in [2.45, 2.75) is 18.4 Å². The Bertz CT molecular complexity index is 754. The number of rotatable bonds is 6. The number of hydrogen-bond donors (Lipinski definition) is 3. The maximum absolute atomic E-state index is 13.1. The molecule has 3 rings (SSSR count). The third kappa shape index (κ3) is 4.60. The molecule has 0 spiro atoms. The molecule has 1 aromatic carbocycles. The monoisotopic (exact) mass is 342 g/mol. The summed E-state index contributed by atoms with van der Waals surface area (Å²) in [5.41, 5.74) is 1.31. The van der Waals surface area contributed by atoms with Gasteiger partial charge in [-0.15, -0.1) is 0 Å². The molecule has 0 bridgehead atoms. The molecule has 3 N–H and O–H groups in total. The van der Waals surface area contributed by atoms with Crippen molar-refractivity contribution in [3.63, 3.8) is 0 Å². The van der Waals surface area contributed by atoms with Crippen LogP contribution in [0, 0.1) is 5.82 Å². The fraction of sp³-hybridized carbons (Fsp3) is 0.278. The third-order valence-corrected chi connectivity index (χ3v) is 4.16. The van der Waals surface area contributed by atoms with E-state index in [0.717, 1.165) is 37.6 Å². The van der Waals surface area contributed by atoms with Crippen molar-refractivity contribution in [2.24, 2.45) is 0 Å². The summed E-state index contributed by atoms with van der Waals surface area (Å²) in [5.74, 6) is -0.649. The molecule has 1 aromatic heterocycles. The largest absolute Gasteiger partial charge is 0.478 e. The molecular weight excluding hydrogens is 323 g/mol. The first-order valence-electron chi connectivity index (χ1n) is 8.01. The number of carboxylic acid groups (broad SMARTS) is 1. The predicted octanol–water partition coefficient (Wildman–Crippen LogP) is 2.10. The lowest BCUT2D eigenvalue weighted by Crippen LogP contribution is -2.43. The van der Waals surface area contributed by atoms with E-state index >= 15 is 0 Å². The zero-order chi connectivity index (χ0) is 17.7. The molecule has 1 fully saturated rings. The first-order valence-corrected chi connectivity index (χ1v) is 8.01. The minimum atomic E-state index is -1.03. The molecule has 0 amide bonds. The van der Waals surface area contributed by atoms with Crippen molar-refractivity contribution >= 4 is 17.9 Å². The van der Waals surface area contributed by atoms with Crippen molar-refractivity contribution in [3.8, 4) is 0 Å². The molecule has 2 aromatic rings. The first-order chi connectivity index (χ1) is 12.0. The van der Waals surface area contributed by atoms with Crippen LogP contribution in [0.4, 0.5) is 10.2 Å². The summed E-state index contributed by atoms with van der Waals surface area (Å²) in [6.07, 6.45) is 7.18. The van der Waals surface area contributed by atoms with Crippen molar-refractivity contribution in [1.82, 2.24) is 15.3 Å². The predicted molar refractivity (Wildman–Crippen MR) is 92.6 cm³/mol. The highest BCUT2D eigenvalue weighted by Gasteiger charge is 2.34. The average Bonchev–Trinajstić information content (AvgIpc) is 3.04. The van der Waals surface area contributed by atoms with Gasteiger partial charge in [-0.1, -0.05) is 12.1 Å². The molecule has 25 heavy (non-hydrogen) atoms. The minimum absolute atomic E-state index is 0.217. The highest BCUT2D eigenvalue weighted by atomic mass is 19.1. The van der Waals surface area contributed by atoms with Gasteiger partial charge in [0.25, 0.3) is 0 Å². The number of halogens is 1. The molecule has 6 nitrogen and oxygen atoms in total. The van der Waals surface area contributed by atoms with Gasteiger partial charge >= 0.3 is 5.97 Å². The molecular formula is C18H19FN4O2. The molecule has 1 aliphatic rings. The second-order valence-corrected chi connectivity index (χ2v) is 6.13. The first kappa shape index (κ1) is 17.0. The second kappa shape index (κ2) is 7.40. The number of carboxylic acids is 1.